The number of hydrogen-bond donors (Lipinski definition) is 1. The molecule has 1 aromatic carbocycles. The number of hydrogen-bond acceptors (Lipinski definition) is 1. The Morgan fingerprint density at radius 2 is 1.94 bits per heavy atom. The van der Waals surface area contributed by atoms with Gasteiger partial charge in [-0.3, -0.25) is 0 Å². The first-order chi connectivity index (χ1) is 8.38. The second kappa shape index (κ2) is 6.61. The average Bonchev–Trinajstić information content (AvgIpc) is 2.40. The summed E-state index contributed by atoms with van der Waals surface area (Å²) in [6.45, 7) is 0. The molecule has 1 aromatic rings. The Hall–Kier alpha value is -1.08. The van der Waals surface area contributed by atoms with Gasteiger partial charge in [-0.2, -0.15) is 0 Å². The van der Waals surface area contributed by atoms with Crippen LogP contribution in [0.1, 0.15) is 37.7 Å². The fourth-order valence-corrected chi connectivity index (χ4v) is 2.58. The summed E-state index contributed by atoms with van der Waals surface area (Å²) in [5.74, 6) is 0. The van der Waals surface area contributed by atoms with Gasteiger partial charge in [0.25, 0.3) is 0 Å². The first-order valence-corrected chi connectivity index (χ1v) is 6.77. The Morgan fingerprint density at radius 1 is 1.12 bits per heavy atom. The van der Waals surface area contributed by atoms with Gasteiger partial charge in [0, 0.05) is 6.04 Å². The molecule has 1 heteroatoms. The summed E-state index contributed by atoms with van der Waals surface area (Å²) in [4.78, 5) is 0. The second-order valence-corrected chi connectivity index (χ2v) is 4.99. The van der Waals surface area contributed by atoms with Crippen LogP contribution in [-0.4, -0.2) is 13.1 Å². The Balaban J connectivity index is 1.90. The van der Waals surface area contributed by atoms with Gasteiger partial charge in [-0.15, -0.1) is 0 Å². The van der Waals surface area contributed by atoms with Crippen molar-refractivity contribution in [2.75, 3.05) is 7.05 Å². The third-order valence-electron chi connectivity index (χ3n) is 3.63. The highest BCUT2D eigenvalue weighted by Gasteiger charge is 2.11. The highest BCUT2D eigenvalue weighted by atomic mass is 14.9. The lowest BCUT2D eigenvalue weighted by molar-refractivity contribution is 0.532. The monoisotopic (exact) mass is 229 g/mol. The van der Waals surface area contributed by atoms with Gasteiger partial charge in [0.2, 0.25) is 0 Å². The molecule has 0 bridgehead atoms. The van der Waals surface area contributed by atoms with Crippen molar-refractivity contribution in [1.82, 2.24) is 5.32 Å². The largest absolute Gasteiger partial charge is 0.316 e. The molecule has 2 rings (SSSR count). The number of likely N-dealkylation sites (N-methyl/N-ethyl adjacent to an activating group) is 1. The maximum atomic E-state index is 3.46. The van der Waals surface area contributed by atoms with Crippen LogP contribution in [-0.2, 0) is 6.42 Å². The normalized spacial score (nSPS) is 17.6. The topological polar surface area (TPSA) is 12.0 Å². The van der Waals surface area contributed by atoms with E-state index in [1.807, 2.05) is 0 Å². The van der Waals surface area contributed by atoms with E-state index < -0.39 is 0 Å². The Labute approximate surface area is 105 Å². The summed E-state index contributed by atoms with van der Waals surface area (Å²) in [6.07, 6.45) is 10.2. The molecule has 1 aliphatic rings. The third kappa shape index (κ3) is 4.01. The van der Waals surface area contributed by atoms with Crippen molar-refractivity contribution < 1.29 is 0 Å². The van der Waals surface area contributed by atoms with Crippen LogP contribution in [0.15, 0.2) is 42.0 Å². The van der Waals surface area contributed by atoms with Crippen LogP contribution in [0.2, 0.25) is 0 Å². The highest BCUT2D eigenvalue weighted by Crippen LogP contribution is 2.22. The van der Waals surface area contributed by atoms with E-state index in [0.29, 0.717) is 6.04 Å². The van der Waals surface area contributed by atoms with Crippen LogP contribution in [0.25, 0.3) is 0 Å². The molecular weight excluding hydrogens is 206 g/mol. The van der Waals surface area contributed by atoms with Gasteiger partial charge < -0.3 is 5.32 Å². The zero-order valence-corrected chi connectivity index (χ0v) is 10.8. The molecule has 1 N–H and O–H groups in total. The fraction of sp³-hybridized carbons (Fsp3) is 0.500. The lowest BCUT2D eigenvalue weighted by Gasteiger charge is -2.20. The SMILES string of the molecule is CNC(CC1=CCCCC1)Cc1ccccc1. The zero-order chi connectivity index (χ0) is 11.9. The van der Waals surface area contributed by atoms with Crippen LogP contribution in [0.5, 0.6) is 0 Å². The van der Waals surface area contributed by atoms with Crippen LogP contribution in [0.3, 0.4) is 0 Å². The van der Waals surface area contributed by atoms with Gasteiger partial charge in [0.05, 0.1) is 0 Å². The van der Waals surface area contributed by atoms with E-state index in [4.69, 9.17) is 0 Å². The van der Waals surface area contributed by atoms with E-state index in [9.17, 15) is 0 Å². The van der Waals surface area contributed by atoms with Crippen LogP contribution >= 0.6 is 0 Å². The van der Waals surface area contributed by atoms with Crippen molar-refractivity contribution >= 4 is 0 Å². The predicted molar refractivity (Wildman–Crippen MR) is 74.2 cm³/mol. The summed E-state index contributed by atoms with van der Waals surface area (Å²) in [6, 6.07) is 11.4. The molecule has 1 atom stereocenters. The fourth-order valence-electron chi connectivity index (χ4n) is 2.58. The molecule has 1 unspecified atom stereocenters. The van der Waals surface area contributed by atoms with E-state index in [-0.39, 0.29) is 0 Å². The number of benzene rings is 1. The van der Waals surface area contributed by atoms with Crippen molar-refractivity contribution in [3.8, 4) is 0 Å². The van der Waals surface area contributed by atoms with Crippen LogP contribution in [0.4, 0.5) is 0 Å². The quantitative estimate of drug-likeness (QED) is 0.759. The highest BCUT2D eigenvalue weighted by molar-refractivity contribution is 5.17. The molecule has 0 amide bonds. The second-order valence-electron chi connectivity index (χ2n) is 4.99. The average molecular weight is 229 g/mol. The molecule has 0 saturated heterocycles. The van der Waals surface area contributed by atoms with Gasteiger partial charge >= 0.3 is 0 Å². The maximum Gasteiger partial charge on any atom is 0.0142 e. The van der Waals surface area contributed by atoms with Crippen molar-refractivity contribution in [2.45, 2.75) is 44.6 Å². The molecule has 0 aromatic heterocycles. The lowest BCUT2D eigenvalue weighted by Crippen LogP contribution is -2.28. The first-order valence-electron chi connectivity index (χ1n) is 6.77. The van der Waals surface area contributed by atoms with Crippen molar-refractivity contribution in [2.24, 2.45) is 0 Å². The number of rotatable bonds is 5. The third-order valence-corrected chi connectivity index (χ3v) is 3.63. The Bertz CT molecular complexity index is 353. The number of allylic oxidation sites excluding steroid dienone is 1. The van der Waals surface area contributed by atoms with Gasteiger partial charge in [0.1, 0.15) is 0 Å². The molecule has 0 radical (unpaired) electrons. The minimum absolute atomic E-state index is 0.585. The molecule has 1 aliphatic carbocycles. The van der Waals surface area contributed by atoms with Crippen LogP contribution in [0, 0.1) is 0 Å². The minimum atomic E-state index is 0.585. The molecule has 0 spiro atoms. The Kier molecular flexibility index (Phi) is 4.81. The van der Waals surface area contributed by atoms with Crippen molar-refractivity contribution in [3.63, 3.8) is 0 Å². The van der Waals surface area contributed by atoms with Gasteiger partial charge in [-0.05, 0) is 51.1 Å². The molecular formula is C16H23N. The maximum absolute atomic E-state index is 3.46. The van der Waals surface area contributed by atoms with E-state index in [2.05, 4.69) is 48.8 Å². The summed E-state index contributed by atoms with van der Waals surface area (Å²) in [5.41, 5.74) is 3.09. The summed E-state index contributed by atoms with van der Waals surface area (Å²) >= 11 is 0. The molecule has 17 heavy (non-hydrogen) atoms. The lowest BCUT2D eigenvalue weighted by atomic mass is 9.92. The molecule has 0 saturated carbocycles. The number of nitrogens with one attached hydrogen (secondary N) is 1. The minimum Gasteiger partial charge on any atom is -0.316 e. The van der Waals surface area contributed by atoms with E-state index in [1.165, 1.54) is 37.7 Å². The molecule has 1 nitrogen and oxygen atoms in total. The molecule has 0 aliphatic heterocycles. The van der Waals surface area contributed by atoms with Gasteiger partial charge in [-0.25, -0.2) is 0 Å². The summed E-state index contributed by atoms with van der Waals surface area (Å²) in [7, 11) is 2.08. The van der Waals surface area contributed by atoms with E-state index >= 15 is 0 Å². The predicted octanol–water partition coefficient (Wildman–Crippen LogP) is 3.71. The van der Waals surface area contributed by atoms with Crippen molar-refractivity contribution in [1.29, 1.82) is 0 Å². The molecule has 92 valence electrons. The summed E-state index contributed by atoms with van der Waals surface area (Å²) < 4.78 is 0. The van der Waals surface area contributed by atoms with E-state index in [0.717, 1.165) is 6.42 Å². The Morgan fingerprint density at radius 3 is 2.59 bits per heavy atom. The summed E-state index contributed by atoms with van der Waals surface area (Å²) in [5, 5.41) is 3.46. The molecule has 0 heterocycles. The van der Waals surface area contributed by atoms with Crippen molar-refractivity contribution in [3.05, 3.63) is 47.5 Å². The van der Waals surface area contributed by atoms with E-state index in [1.54, 1.807) is 5.57 Å². The first kappa shape index (κ1) is 12.4. The van der Waals surface area contributed by atoms with Gasteiger partial charge in [0.15, 0.2) is 0 Å². The van der Waals surface area contributed by atoms with Crippen LogP contribution < -0.4 is 5.32 Å². The van der Waals surface area contributed by atoms with Gasteiger partial charge in [-0.1, -0.05) is 42.0 Å². The smallest absolute Gasteiger partial charge is 0.0142 e. The molecule has 0 fully saturated rings. The standard InChI is InChI=1S/C16H23N/c1-17-16(12-14-8-4-2-5-9-14)13-15-10-6-3-7-11-15/h2,4-5,8-10,16-17H,3,6-7,11-13H2,1H3. The zero-order valence-electron chi connectivity index (χ0n) is 10.8.